The largest absolute Gasteiger partial charge is 0.496 e. The molecule has 3 aromatic heterocycles. The fraction of sp³-hybridized carbons (Fsp3) is 0.238. The van der Waals surface area contributed by atoms with Gasteiger partial charge in [-0.05, 0) is 45.0 Å². The van der Waals surface area contributed by atoms with Crippen LogP contribution in [-0.4, -0.2) is 21.8 Å². The summed E-state index contributed by atoms with van der Waals surface area (Å²) in [5.74, 6) is 0.807. The number of ether oxygens (including phenoxy) is 1. The molecule has 5 nitrogen and oxygen atoms in total. The van der Waals surface area contributed by atoms with Crippen molar-refractivity contribution in [3.63, 3.8) is 0 Å². The first-order chi connectivity index (χ1) is 12.9. The molecule has 27 heavy (non-hydrogen) atoms. The van der Waals surface area contributed by atoms with Crippen LogP contribution in [0.5, 0.6) is 5.75 Å². The van der Waals surface area contributed by atoms with Crippen molar-refractivity contribution in [2.24, 2.45) is 7.05 Å². The van der Waals surface area contributed by atoms with Crippen LogP contribution < -0.4 is 4.74 Å². The Bertz CT molecular complexity index is 1150. The Morgan fingerprint density at radius 2 is 1.89 bits per heavy atom. The van der Waals surface area contributed by atoms with Gasteiger partial charge in [-0.2, -0.15) is 0 Å². The highest BCUT2D eigenvalue weighted by atomic mass is 19.1. The van der Waals surface area contributed by atoms with Gasteiger partial charge in [0.1, 0.15) is 17.3 Å². The van der Waals surface area contributed by atoms with E-state index in [9.17, 15) is 4.39 Å². The smallest absolute Gasteiger partial charge is 0.143 e. The normalized spacial score (nSPS) is 11.3. The maximum atomic E-state index is 13.7. The molecule has 1 aromatic carbocycles. The van der Waals surface area contributed by atoms with Gasteiger partial charge in [0.15, 0.2) is 0 Å². The Labute approximate surface area is 156 Å². The molecule has 0 unspecified atom stereocenters. The average Bonchev–Trinajstić information content (AvgIpc) is 3.13. The molecule has 0 saturated heterocycles. The van der Waals surface area contributed by atoms with Crippen LogP contribution in [-0.2, 0) is 7.05 Å². The van der Waals surface area contributed by atoms with Gasteiger partial charge in [0, 0.05) is 29.8 Å². The molecular formula is C21H20FN3O2. The van der Waals surface area contributed by atoms with Gasteiger partial charge >= 0.3 is 0 Å². The van der Waals surface area contributed by atoms with Crippen LogP contribution in [0, 0.1) is 26.6 Å². The number of hydrogen-bond donors (Lipinski definition) is 0. The van der Waals surface area contributed by atoms with E-state index < -0.39 is 0 Å². The summed E-state index contributed by atoms with van der Waals surface area (Å²) < 4.78 is 26.6. The van der Waals surface area contributed by atoms with Crippen LogP contribution in [0.3, 0.4) is 0 Å². The number of pyridine rings is 1. The van der Waals surface area contributed by atoms with Crippen LogP contribution >= 0.6 is 0 Å². The molecule has 4 aromatic rings. The third-order valence-corrected chi connectivity index (χ3v) is 4.99. The van der Waals surface area contributed by atoms with Crippen molar-refractivity contribution in [2.45, 2.75) is 20.8 Å². The third-order valence-electron chi connectivity index (χ3n) is 4.99. The van der Waals surface area contributed by atoms with Gasteiger partial charge in [0.2, 0.25) is 0 Å². The molecule has 0 N–H and O–H groups in total. The number of rotatable bonds is 3. The molecule has 0 aliphatic rings. The molecule has 0 aliphatic carbocycles. The van der Waals surface area contributed by atoms with E-state index in [4.69, 9.17) is 14.2 Å². The standard InChI is InChI=1S/C21H20FN3O2/c1-11-8-16-18(25(11)4)10-17(20-12(2)24-27-13(20)3)23-21(16)15-7-6-14(22)9-19(15)26-5/h6-10H,1-5H3. The van der Waals surface area contributed by atoms with E-state index in [2.05, 4.69) is 15.8 Å². The predicted molar refractivity (Wildman–Crippen MR) is 102 cm³/mol. The second-order valence-electron chi connectivity index (χ2n) is 6.68. The van der Waals surface area contributed by atoms with Gasteiger partial charge in [-0.3, -0.25) is 0 Å². The lowest BCUT2D eigenvalue weighted by Crippen LogP contribution is -1.96. The lowest BCUT2D eigenvalue weighted by atomic mass is 10.0. The topological polar surface area (TPSA) is 53.1 Å². The average molecular weight is 365 g/mol. The highest BCUT2D eigenvalue weighted by Crippen LogP contribution is 2.38. The van der Waals surface area contributed by atoms with E-state index in [-0.39, 0.29) is 5.82 Å². The van der Waals surface area contributed by atoms with Crippen LogP contribution in [0.15, 0.2) is 34.9 Å². The van der Waals surface area contributed by atoms with E-state index in [0.29, 0.717) is 11.5 Å². The minimum Gasteiger partial charge on any atom is -0.496 e. The number of aryl methyl sites for hydroxylation is 4. The van der Waals surface area contributed by atoms with Gasteiger partial charge < -0.3 is 13.8 Å². The fourth-order valence-corrected chi connectivity index (χ4v) is 3.50. The summed E-state index contributed by atoms with van der Waals surface area (Å²) in [7, 11) is 3.55. The maximum Gasteiger partial charge on any atom is 0.143 e. The number of halogens is 1. The van der Waals surface area contributed by atoms with Gasteiger partial charge in [-0.15, -0.1) is 0 Å². The Kier molecular flexibility index (Phi) is 3.98. The lowest BCUT2D eigenvalue weighted by molar-refractivity contribution is 0.393. The van der Waals surface area contributed by atoms with Crippen LogP contribution in [0.25, 0.3) is 33.4 Å². The summed E-state index contributed by atoms with van der Waals surface area (Å²) in [5, 5.41) is 5.03. The molecule has 0 atom stereocenters. The number of nitrogens with zero attached hydrogens (tertiary/aromatic N) is 3. The van der Waals surface area contributed by atoms with E-state index in [1.54, 1.807) is 6.07 Å². The number of hydrogen-bond acceptors (Lipinski definition) is 4. The van der Waals surface area contributed by atoms with Crippen molar-refractivity contribution < 1.29 is 13.7 Å². The first kappa shape index (κ1) is 17.3. The van der Waals surface area contributed by atoms with Crippen LogP contribution in [0.4, 0.5) is 4.39 Å². The maximum absolute atomic E-state index is 13.7. The zero-order valence-electron chi connectivity index (χ0n) is 15.9. The minimum atomic E-state index is -0.349. The summed E-state index contributed by atoms with van der Waals surface area (Å²) in [6, 6.07) is 8.62. The quantitative estimate of drug-likeness (QED) is 0.514. The van der Waals surface area contributed by atoms with Crippen LogP contribution in [0.1, 0.15) is 17.1 Å². The highest BCUT2D eigenvalue weighted by Gasteiger charge is 2.20. The van der Waals surface area contributed by atoms with Crippen molar-refractivity contribution in [1.82, 2.24) is 14.7 Å². The fourth-order valence-electron chi connectivity index (χ4n) is 3.50. The first-order valence-electron chi connectivity index (χ1n) is 8.65. The molecule has 0 spiro atoms. The third kappa shape index (κ3) is 2.68. The zero-order chi connectivity index (χ0) is 19.3. The minimum absolute atomic E-state index is 0.349. The van der Waals surface area contributed by atoms with E-state index in [1.807, 2.05) is 33.9 Å². The Morgan fingerprint density at radius 1 is 1.11 bits per heavy atom. The van der Waals surface area contributed by atoms with Crippen molar-refractivity contribution in [1.29, 1.82) is 0 Å². The molecule has 0 bridgehead atoms. The van der Waals surface area contributed by atoms with Crippen molar-refractivity contribution in [3.05, 3.63) is 53.3 Å². The second-order valence-corrected chi connectivity index (χ2v) is 6.68. The van der Waals surface area contributed by atoms with Gasteiger partial charge in [0.25, 0.3) is 0 Å². The van der Waals surface area contributed by atoms with Gasteiger partial charge in [-0.1, -0.05) is 5.16 Å². The monoisotopic (exact) mass is 365 g/mol. The highest BCUT2D eigenvalue weighted by molar-refractivity contribution is 5.97. The van der Waals surface area contributed by atoms with E-state index in [0.717, 1.165) is 44.8 Å². The zero-order valence-corrected chi connectivity index (χ0v) is 15.9. The van der Waals surface area contributed by atoms with E-state index in [1.165, 1.54) is 19.2 Å². The molecule has 0 fully saturated rings. The SMILES string of the molecule is COc1cc(F)ccc1-c1nc(-c2c(C)noc2C)cc2c1cc(C)n2C. The molecule has 0 amide bonds. The molecule has 0 aliphatic heterocycles. The van der Waals surface area contributed by atoms with Crippen molar-refractivity contribution in [2.75, 3.05) is 7.11 Å². The summed E-state index contributed by atoms with van der Waals surface area (Å²) in [5.41, 5.74) is 6.02. The summed E-state index contributed by atoms with van der Waals surface area (Å²) in [6.45, 7) is 5.81. The van der Waals surface area contributed by atoms with Crippen molar-refractivity contribution in [3.8, 4) is 28.3 Å². The van der Waals surface area contributed by atoms with Crippen molar-refractivity contribution >= 4 is 10.9 Å². The molecule has 3 heterocycles. The van der Waals surface area contributed by atoms with E-state index >= 15 is 0 Å². The molecule has 0 saturated carbocycles. The molecule has 138 valence electrons. The summed E-state index contributed by atoms with van der Waals surface area (Å²) >= 11 is 0. The van der Waals surface area contributed by atoms with Crippen LogP contribution in [0.2, 0.25) is 0 Å². The Morgan fingerprint density at radius 3 is 2.56 bits per heavy atom. The Balaban J connectivity index is 2.10. The molecule has 0 radical (unpaired) electrons. The van der Waals surface area contributed by atoms with Gasteiger partial charge in [0.05, 0.1) is 35.3 Å². The number of methoxy groups -OCH3 is 1. The number of fused-ring (bicyclic) bond motifs is 1. The Hall–Kier alpha value is -3.15. The number of benzene rings is 1. The second kappa shape index (κ2) is 6.23. The number of aromatic nitrogens is 3. The molecular weight excluding hydrogens is 345 g/mol. The van der Waals surface area contributed by atoms with Gasteiger partial charge in [-0.25, -0.2) is 9.37 Å². The molecule has 6 heteroatoms. The predicted octanol–water partition coefficient (Wildman–Crippen LogP) is 4.97. The lowest BCUT2D eigenvalue weighted by Gasteiger charge is -2.12. The summed E-state index contributed by atoms with van der Waals surface area (Å²) in [6.07, 6.45) is 0. The summed E-state index contributed by atoms with van der Waals surface area (Å²) in [4.78, 5) is 4.91. The first-order valence-corrected chi connectivity index (χ1v) is 8.65. The molecule has 4 rings (SSSR count).